The zero-order valence-corrected chi connectivity index (χ0v) is 15.9. The fourth-order valence-corrected chi connectivity index (χ4v) is 5.10. The molecule has 28 heavy (non-hydrogen) atoms. The molecule has 3 unspecified atom stereocenters. The summed E-state index contributed by atoms with van der Waals surface area (Å²) in [7, 11) is 0. The Hall–Kier alpha value is -2.82. The van der Waals surface area contributed by atoms with E-state index >= 15 is 0 Å². The Kier molecular flexibility index (Phi) is 4.30. The Morgan fingerprint density at radius 2 is 1.79 bits per heavy atom. The molecule has 0 spiro atoms. The monoisotopic (exact) mass is 375 g/mol. The van der Waals surface area contributed by atoms with Crippen molar-refractivity contribution in [3.63, 3.8) is 0 Å². The Morgan fingerprint density at radius 3 is 2.61 bits per heavy atom. The van der Waals surface area contributed by atoms with E-state index in [-0.39, 0.29) is 24.0 Å². The van der Waals surface area contributed by atoms with Gasteiger partial charge in [-0.25, -0.2) is 4.79 Å². The predicted molar refractivity (Wildman–Crippen MR) is 108 cm³/mol. The highest BCUT2D eigenvalue weighted by Crippen LogP contribution is 2.38. The first kappa shape index (κ1) is 17.3. The fourth-order valence-electron chi connectivity index (χ4n) is 5.10. The molecule has 2 N–H and O–H groups in total. The maximum atomic E-state index is 12.9. The lowest BCUT2D eigenvalue weighted by Gasteiger charge is -2.33. The highest BCUT2D eigenvalue weighted by atomic mass is 16.2. The summed E-state index contributed by atoms with van der Waals surface area (Å²) < 4.78 is 0. The number of likely N-dealkylation sites (tertiary alicyclic amines) is 1. The summed E-state index contributed by atoms with van der Waals surface area (Å²) in [4.78, 5) is 27.3. The number of fused-ring (bicyclic) bond motifs is 3. The van der Waals surface area contributed by atoms with Crippen molar-refractivity contribution in [3.05, 3.63) is 65.2 Å². The molecule has 0 aromatic heterocycles. The molecule has 2 aromatic carbocycles. The van der Waals surface area contributed by atoms with E-state index in [0.717, 1.165) is 37.9 Å². The molecule has 1 saturated heterocycles. The molecule has 1 heterocycles. The molecule has 2 bridgehead atoms. The van der Waals surface area contributed by atoms with Crippen LogP contribution in [0.25, 0.3) is 0 Å². The summed E-state index contributed by atoms with van der Waals surface area (Å²) in [6.45, 7) is 0.777. The van der Waals surface area contributed by atoms with Crippen LogP contribution in [0.2, 0.25) is 0 Å². The Morgan fingerprint density at radius 1 is 0.964 bits per heavy atom. The minimum atomic E-state index is -0.0582. The lowest BCUT2D eigenvalue weighted by molar-refractivity contribution is 0.0906. The van der Waals surface area contributed by atoms with E-state index in [9.17, 15) is 9.59 Å². The van der Waals surface area contributed by atoms with E-state index < -0.39 is 0 Å². The fraction of sp³-hybridized carbons (Fsp3) is 0.391. The van der Waals surface area contributed by atoms with Gasteiger partial charge in [0.1, 0.15) is 0 Å². The van der Waals surface area contributed by atoms with Crippen LogP contribution in [0.1, 0.15) is 40.7 Å². The first-order valence-electron chi connectivity index (χ1n) is 10.2. The van der Waals surface area contributed by atoms with Gasteiger partial charge in [-0.1, -0.05) is 24.3 Å². The molecule has 2 aliphatic carbocycles. The number of carbonyl (C=O) groups is 2. The highest BCUT2D eigenvalue weighted by molar-refractivity contribution is 5.94. The summed E-state index contributed by atoms with van der Waals surface area (Å²) in [5, 5.41) is 6.23. The van der Waals surface area contributed by atoms with E-state index in [4.69, 9.17) is 0 Å². The normalized spacial score (nSPS) is 24.9. The van der Waals surface area contributed by atoms with E-state index in [2.05, 4.69) is 22.8 Å². The van der Waals surface area contributed by atoms with Gasteiger partial charge >= 0.3 is 6.03 Å². The zero-order valence-electron chi connectivity index (χ0n) is 15.9. The lowest BCUT2D eigenvalue weighted by Crippen LogP contribution is -2.53. The Balaban J connectivity index is 1.25. The van der Waals surface area contributed by atoms with Gasteiger partial charge in [-0.3, -0.25) is 4.79 Å². The van der Waals surface area contributed by atoms with Crippen molar-refractivity contribution in [1.29, 1.82) is 0 Å². The molecular formula is C23H25N3O2. The van der Waals surface area contributed by atoms with Crippen molar-refractivity contribution in [2.75, 3.05) is 11.9 Å². The van der Waals surface area contributed by atoms with E-state index in [0.29, 0.717) is 11.5 Å². The first-order chi connectivity index (χ1) is 13.7. The summed E-state index contributed by atoms with van der Waals surface area (Å²) in [6.07, 6.45) is 5.36. The van der Waals surface area contributed by atoms with Crippen LogP contribution in [-0.2, 0) is 12.8 Å². The average molecular weight is 375 g/mol. The number of nitrogens with zero attached hydrogens (tertiary/aromatic N) is 1. The van der Waals surface area contributed by atoms with Crippen LogP contribution in [0, 0.1) is 5.92 Å². The van der Waals surface area contributed by atoms with Crippen molar-refractivity contribution in [2.45, 2.75) is 44.2 Å². The van der Waals surface area contributed by atoms with Gasteiger partial charge in [-0.2, -0.15) is 0 Å². The number of amides is 3. The van der Waals surface area contributed by atoms with Crippen LogP contribution in [0.5, 0.6) is 0 Å². The summed E-state index contributed by atoms with van der Waals surface area (Å²) in [5.74, 6) is 0.411. The third-order valence-electron chi connectivity index (χ3n) is 6.44. The molecular weight excluding hydrogens is 350 g/mol. The summed E-state index contributed by atoms with van der Waals surface area (Å²) in [5.41, 5.74) is 4.30. The number of hydrogen-bond acceptors (Lipinski definition) is 2. The van der Waals surface area contributed by atoms with Gasteiger partial charge in [0.05, 0.1) is 6.04 Å². The molecule has 1 aliphatic heterocycles. The number of rotatable bonds is 3. The van der Waals surface area contributed by atoms with Crippen LogP contribution in [0.15, 0.2) is 48.5 Å². The van der Waals surface area contributed by atoms with Gasteiger partial charge in [0.25, 0.3) is 5.91 Å². The van der Waals surface area contributed by atoms with Crippen molar-refractivity contribution in [2.24, 2.45) is 5.92 Å². The lowest BCUT2D eigenvalue weighted by atomic mass is 10.1. The molecule has 2 aromatic rings. The third-order valence-corrected chi connectivity index (χ3v) is 6.44. The number of aryl methyl sites for hydroxylation is 2. The molecule has 3 aliphatic rings. The number of urea groups is 1. The first-order valence-corrected chi connectivity index (χ1v) is 10.2. The number of anilines is 1. The van der Waals surface area contributed by atoms with Crippen molar-refractivity contribution < 1.29 is 9.59 Å². The molecule has 2 fully saturated rings. The summed E-state index contributed by atoms with van der Waals surface area (Å²) in [6, 6.07) is 15.6. The SMILES string of the molecule is O=C(NC1CC2CC1N(C(=O)Nc1ccc3c(c1)CCC3)C2)c1ccccc1. The van der Waals surface area contributed by atoms with Crippen molar-refractivity contribution in [1.82, 2.24) is 10.2 Å². The van der Waals surface area contributed by atoms with Gasteiger partial charge in [0, 0.05) is 23.8 Å². The highest BCUT2D eigenvalue weighted by Gasteiger charge is 2.47. The molecule has 3 atom stereocenters. The van der Waals surface area contributed by atoms with Crippen LogP contribution < -0.4 is 10.6 Å². The quantitative estimate of drug-likeness (QED) is 0.861. The number of benzene rings is 2. The zero-order chi connectivity index (χ0) is 19.1. The summed E-state index contributed by atoms with van der Waals surface area (Å²) >= 11 is 0. The molecule has 5 nitrogen and oxygen atoms in total. The predicted octanol–water partition coefficient (Wildman–Crippen LogP) is 3.60. The number of hydrogen-bond donors (Lipinski definition) is 2. The van der Waals surface area contributed by atoms with E-state index in [1.807, 2.05) is 41.3 Å². The molecule has 0 radical (unpaired) electrons. The maximum absolute atomic E-state index is 12.9. The smallest absolute Gasteiger partial charge is 0.322 e. The second-order valence-electron chi connectivity index (χ2n) is 8.27. The van der Waals surface area contributed by atoms with Crippen LogP contribution in [-0.4, -0.2) is 35.5 Å². The number of nitrogens with one attached hydrogen (secondary N) is 2. The average Bonchev–Trinajstić information content (AvgIpc) is 3.43. The maximum Gasteiger partial charge on any atom is 0.322 e. The second-order valence-corrected chi connectivity index (χ2v) is 8.27. The van der Waals surface area contributed by atoms with Gasteiger partial charge < -0.3 is 15.5 Å². The van der Waals surface area contributed by atoms with E-state index in [1.165, 1.54) is 17.5 Å². The Labute approximate surface area is 165 Å². The number of piperidine rings is 1. The third kappa shape index (κ3) is 3.15. The topological polar surface area (TPSA) is 61.4 Å². The van der Waals surface area contributed by atoms with Crippen LogP contribution in [0.3, 0.4) is 0 Å². The molecule has 1 saturated carbocycles. The van der Waals surface area contributed by atoms with Crippen molar-refractivity contribution >= 4 is 17.6 Å². The van der Waals surface area contributed by atoms with Crippen LogP contribution in [0.4, 0.5) is 10.5 Å². The number of carbonyl (C=O) groups excluding carboxylic acids is 2. The van der Waals surface area contributed by atoms with E-state index in [1.54, 1.807) is 0 Å². The van der Waals surface area contributed by atoms with Gasteiger partial charge in [0.2, 0.25) is 0 Å². The minimum absolute atomic E-state index is 0.0252. The Bertz CT molecular complexity index is 911. The minimum Gasteiger partial charge on any atom is -0.347 e. The van der Waals surface area contributed by atoms with Gasteiger partial charge in [-0.05, 0) is 73.4 Å². The molecule has 144 valence electrons. The molecule has 3 amide bonds. The standard InChI is InChI=1S/C23H25N3O2/c27-22(17-5-2-1-3-6-17)25-20-11-15-12-21(20)26(14-15)23(28)24-19-10-9-16-7-4-8-18(16)13-19/h1-3,5-6,9-10,13,15,20-21H,4,7-8,11-12,14H2,(H,24,28)(H,25,27). The molecule has 5 rings (SSSR count). The van der Waals surface area contributed by atoms with Gasteiger partial charge in [0.15, 0.2) is 0 Å². The largest absolute Gasteiger partial charge is 0.347 e. The second kappa shape index (κ2) is 6.97. The molecule has 5 heteroatoms. The van der Waals surface area contributed by atoms with Gasteiger partial charge in [-0.15, -0.1) is 0 Å². The van der Waals surface area contributed by atoms with Crippen molar-refractivity contribution in [3.8, 4) is 0 Å². The van der Waals surface area contributed by atoms with Crippen LogP contribution >= 0.6 is 0 Å².